The second-order valence-electron chi connectivity index (χ2n) is 9.86. The number of carbonyl (C=O) groups excluding carboxylic acids is 1. The molecular formula is C29H36N6O2. The standard InChI is InChI=1S/C29H36N6O2/c1-3-4-5-25-33-27-28(23-11-10-22(17-26(36)37-2)16-24(23)32-29(27)30)35(25)19-21-8-6-20(7-9-21)18-34-14-12-31-13-15-34/h6-11,16,31H,3-5,12-15,17-19H2,1-2H3,(H2,30,32). The van der Waals surface area contributed by atoms with Crippen LogP contribution in [0.15, 0.2) is 42.5 Å². The first-order valence-corrected chi connectivity index (χ1v) is 13.2. The molecule has 37 heavy (non-hydrogen) atoms. The fourth-order valence-corrected chi connectivity index (χ4v) is 5.11. The van der Waals surface area contributed by atoms with E-state index in [1.165, 1.54) is 18.2 Å². The second kappa shape index (κ2) is 11.3. The Labute approximate surface area is 217 Å². The highest BCUT2D eigenvalue weighted by molar-refractivity contribution is 6.07. The van der Waals surface area contributed by atoms with Crippen molar-refractivity contribution in [1.82, 2.24) is 24.8 Å². The summed E-state index contributed by atoms with van der Waals surface area (Å²) in [5.74, 6) is 1.17. The van der Waals surface area contributed by atoms with Gasteiger partial charge in [-0.15, -0.1) is 0 Å². The zero-order valence-corrected chi connectivity index (χ0v) is 21.8. The number of pyridine rings is 1. The van der Waals surface area contributed by atoms with Crippen LogP contribution in [0.4, 0.5) is 5.82 Å². The van der Waals surface area contributed by atoms with E-state index < -0.39 is 0 Å². The normalized spacial score (nSPS) is 14.4. The zero-order valence-electron chi connectivity index (χ0n) is 21.8. The number of carbonyl (C=O) groups is 1. The number of anilines is 1. The van der Waals surface area contributed by atoms with Gasteiger partial charge in [0, 0.05) is 51.1 Å². The van der Waals surface area contributed by atoms with Gasteiger partial charge in [-0.1, -0.05) is 49.7 Å². The summed E-state index contributed by atoms with van der Waals surface area (Å²) < 4.78 is 7.14. The molecule has 0 atom stereocenters. The Hall–Kier alpha value is -3.49. The van der Waals surface area contributed by atoms with Crippen LogP contribution in [-0.2, 0) is 35.5 Å². The number of esters is 1. The fourth-order valence-electron chi connectivity index (χ4n) is 5.11. The smallest absolute Gasteiger partial charge is 0.309 e. The molecule has 0 aliphatic carbocycles. The number of aryl methyl sites for hydroxylation is 1. The van der Waals surface area contributed by atoms with Crippen molar-refractivity contribution < 1.29 is 9.53 Å². The summed E-state index contributed by atoms with van der Waals surface area (Å²) in [6, 6.07) is 14.9. The minimum absolute atomic E-state index is 0.202. The lowest BCUT2D eigenvalue weighted by Crippen LogP contribution is -2.42. The average Bonchev–Trinajstić information content (AvgIpc) is 3.27. The molecule has 0 unspecified atom stereocenters. The molecule has 0 amide bonds. The molecule has 1 saturated heterocycles. The summed E-state index contributed by atoms with van der Waals surface area (Å²) >= 11 is 0. The van der Waals surface area contributed by atoms with Crippen LogP contribution in [0.1, 0.15) is 42.3 Å². The fraction of sp³-hybridized carbons (Fsp3) is 0.414. The zero-order chi connectivity index (χ0) is 25.8. The third-order valence-electron chi connectivity index (χ3n) is 7.16. The average molecular weight is 501 g/mol. The summed E-state index contributed by atoms with van der Waals surface area (Å²) in [6.45, 7) is 8.19. The Bertz CT molecular complexity index is 1390. The number of piperazine rings is 1. The minimum atomic E-state index is -0.277. The molecule has 8 heteroatoms. The van der Waals surface area contributed by atoms with Gasteiger partial charge >= 0.3 is 5.97 Å². The third-order valence-corrected chi connectivity index (χ3v) is 7.16. The first-order chi connectivity index (χ1) is 18.1. The Morgan fingerprint density at radius 3 is 2.43 bits per heavy atom. The van der Waals surface area contributed by atoms with Crippen LogP contribution < -0.4 is 11.1 Å². The monoisotopic (exact) mass is 500 g/mol. The van der Waals surface area contributed by atoms with Crippen LogP contribution in [0.2, 0.25) is 0 Å². The lowest BCUT2D eigenvalue weighted by Gasteiger charge is -2.27. The molecule has 8 nitrogen and oxygen atoms in total. The molecule has 194 valence electrons. The van der Waals surface area contributed by atoms with Gasteiger partial charge in [-0.3, -0.25) is 9.69 Å². The van der Waals surface area contributed by atoms with E-state index in [1.54, 1.807) is 0 Å². The SMILES string of the molecule is CCCCc1nc2c(N)nc3cc(CC(=O)OC)ccc3c2n1Cc1ccc(CN2CCNCC2)cc1. The minimum Gasteiger partial charge on any atom is -0.469 e. The molecule has 3 heterocycles. The first kappa shape index (κ1) is 25.2. The summed E-state index contributed by atoms with van der Waals surface area (Å²) in [5, 5.41) is 4.40. The quantitative estimate of drug-likeness (QED) is 0.338. The van der Waals surface area contributed by atoms with Crippen molar-refractivity contribution in [2.24, 2.45) is 0 Å². The molecule has 0 radical (unpaired) electrons. The van der Waals surface area contributed by atoms with Crippen molar-refractivity contribution in [3.8, 4) is 0 Å². The number of fused-ring (bicyclic) bond motifs is 3. The number of nitrogens with one attached hydrogen (secondary N) is 1. The van der Waals surface area contributed by atoms with E-state index in [9.17, 15) is 4.79 Å². The van der Waals surface area contributed by atoms with Gasteiger partial charge in [-0.2, -0.15) is 0 Å². The molecule has 0 spiro atoms. The van der Waals surface area contributed by atoms with Crippen LogP contribution in [0.25, 0.3) is 21.9 Å². The molecule has 4 aromatic rings. The van der Waals surface area contributed by atoms with Crippen molar-refractivity contribution in [3.63, 3.8) is 0 Å². The molecule has 1 aliphatic heterocycles. The number of hydrogen-bond acceptors (Lipinski definition) is 7. The van der Waals surface area contributed by atoms with Gasteiger partial charge in [0.2, 0.25) is 0 Å². The first-order valence-electron chi connectivity index (χ1n) is 13.2. The Morgan fingerprint density at radius 2 is 1.73 bits per heavy atom. The predicted molar refractivity (Wildman–Crippen MR) is 147 cm³/mol. The van der Waals surface area contributed by atoms with Gasteiger partial charge < -0.3 is 20.4 Å². The van der Waals surface area contributed by atoms with Crippen molar-refractivity contribution >= 4 is 33.7 Å². The molecule has 2 aromatic heterocycles. The molecule has 2 aromatic carbocycles. The van der Waals surface area contributed by atoms with Gasteiger partial charge in [0.05, 0.1) is 24.6 Å². The number of nitrogens with zero attached hydrogens (tertiary/aromatic N) is 4. The van der Waals surface area contributed by atoms with Crippen molar-refractivity contribution in [3.05, 3.63) is 65.0 Å². The van der Waals surface area contributed by atoms with Crippen molar-refractivity contribution in [1.29, 1.82) is 0 Å². The van der Waals surface area contributed by atoms with Gasteiger partial charge in [-0.25, -0.2) is 9.97 Å². The van der Waals surface area contributed by atoms with Gasteiger partial charge in [0.25, 0.3) is 0 Å². The van der Waals surface area contributed by atoms with E-state index in [0.29, 0.717) is 12.4 Å². The highest BCUT2D eigenvalue weighted by atomic mass is 16.5. The molecule has 0 saturated carbocycles. The molecule has 0 bridgehead atoms. The lowest BCUT2D eigenvalue weighted by atomic mass is 10.1. The maximum absolute atomic E-state index is 11.8. The largest absolute Gasteiger partial charge is 0.469 e. The van der Waals surface area contributed by atoms with Crippen LogP contribution in [0.5, 0.6) is 0 Å². The number of unbranched alkanes of at least 4 members (excludes halogenated alkanes) is 1. The molecule has 3 N–H and O–H groups in total. The number of imidazole rings is 1. The van der Waals surface area contributed by atoms with E-state index in [1.807, 2.05) is 18.2 Å². The molecular weight excluding hydrogens is 464 g/mol. The molecule has 1 aliphatic rings. The van der Waals surface area contributed by atoms with E-state index in [4.69, 9.17) is 15.5 Å². The lowest BCUT2D eigenvalue weighted by molar-refractivity contribution is -0.139. The highest BCUT2D eigenvalue weighted by Gasteiger charge is 2.18. The number of methoxy groups -OCH3 is 1. The molecule has 1 fully saturated rings. The molecule has 5 rings (SSSR count). The van der Waals surface area contributed by atoms with E-state index >= 15 is 0 Å². The number of nitrogens with two attached hydrogens (primary N) is 1. The summed E-state index contributed by atoms with van der Waals surface area (Å²) in [7, 11) is 1.40. The van der Waals surface area contributed by atoms with Crippen LogP contribution in [0, 0.1) is 0 Å². The third kappa shape index (κ3) is 5.60. The Kier molecular flexibility index (Phi) is 7.67. The number of rotatable bonds is 9. The Morgan fingerprint density at radius 1 is 1.03 bits per heavy atom. The van der Waals surface area contributed by atoms with Gasteiger partial charge in [-0.05, 0) is 29.2 Å². The summed E-state index contributed by atoms with van der Waals surface area (Å²) in [6.07, 6.45) is 3.23. The highest BCUT2D eigenvalue weighted by Crippen LogP contribution is 2.31. The number of nitrogen functional groups attached to an aromatic ring is 1. The Balaban J connectivity index is 1.50. The van der Waals surface area contributed by atoms with Gasteiger partial charge in [0.15, 0.2) is 5.82 Å². The van der Waals surface area contributed by atoms with Crippen LogP contribution >= 0.6 is 0 Å². The maximum Gasteiger partial charge on any atom is 0.309 e. The van der Waals surface area contributed by atoms with Crippen molar-refractivity contribution in [2.75, 3.05) is 39.0 Å². The van der Waals surface area contributed by atoms with Gasteiger partial charge in [0.1, 0.15) is 11.3 Å². The summed E-state index contributed by atoms with van der Waals surface area (Å²) in [4.78, 5) is 23.9. The number of benzene rings is 2. The predicted octanol–water partition coefficient (Wildman–Crippen LogP) is 3.68. The summed E-state index contributed by atoms with van der Waals surface area (Å²) in [5.41, 5.74) is 12.4. The van der Waals surface area contributed by atoms with E-state index in [-0.39, 0.29) is 12.4 Å². The van der Waals surface area contributed by atoms with E-state index in [0.717, 1.165) is 85.3 Å². The topological polar surface area (TPSA) is 98.3 Å². The van der Waals surface area contributed by atoms with E-state index in [2.05, 4.69) is 51.0 Å². The second-order valence-corrected chi connectivity index (χ2v) is 9.86. The number of ether oxygens (including phenoxy) is 1. The van der Waals surface area contributed by atoms with Crippen molar-refractivity contribution in [2.45, 2.75) is 45.7 Å². The maximum atomic E-state index is 11.8. The number of hydrogen-bond donors (Lipinski definition) is 2. The van der Waals surface area contributed by atoms with Crippen LogP contribution in [0.3, 0.4) is 0 Å². The number of aromatic nitrogens is 3. The van der Waals surface area contributed by atoms with Crippen LogP contribution in [-0.4, -0.2) is 58.7 Å².